The van der Waals surface area contributed by atoms with Gasteiger partial charge in [0.1, 0.15) is 0 Å². The lowest BCUT2D eigenvalue weighted by Crippen LogP contribution is -2.39. The molecule has 0 fully saturated rings. The van der Waals surface area contributed by atoms with Gasteiger partial charge in [-0.1, -0.05) is 37.3 Å². The molecule has 22 heavy (non-hydrogen) atoms. The molecule has 122 valence electrons. The van der Waals surface area contributed by atoms with E-state index < -0.39 is 0 Å². The monoisotopic (exact) mass is 306 g/mol. The predicted octanol–water partition coefficient (Wildman–Crippen LogP) is 0.929. The first-order valence-electron chi connectivity index (χ1n) is 7.52. The minimum atomic E-state index is -0.188. The molecule has 0 spiro atoms. The summed E-state index contributed by atoms with van der Waals surface area (Å²) in [5.41, 5.74) is 6.54. The Bertz CT molecular complexity index is 464. The van der Waals surface area contributed by atoms with Crippen LogP contribution in [-0.4, -0.2) is 43.5 Å². The van der Waals surface area contributed by atoms with E-state index >= 15 is 0 Å². The lowest BCUT2D eigenvalue weighted by molar-refractivity contribution is -0.121. The quantitative estimate of drug-likeness (QED) is 0.667. The Hall–Kier alpha value is -2.08. The van der Waals surface area contributed by atoms with Gasteiger partial charge in [0.15, 0.2) is 0 Å². The van der Waals surface area contributed by atoms with Crippen molar-refractivity contribution in [3.05, 3.63) is 35.9 Å². The fourth-order valence-electron chi connectivity index (χ4n) is 1.81. The Morgan fingerprint density at radius 3 is 2.55 bits per heavy atom. The minimum absolute atomic E-state index is 0.0775. The Balaban J connectivity index is 2.21. The van der Waals surface area contributed by atoms with Crippen molar-refractivity contribution in [2.24, 2.45) is 11.7 Å². The van der Waals surface area contributed by atoms with Crippen LogP contribution in [0, 0.1) is 5.92 Å². The molecular weight excluding hydrogens is 280 g/mol. The molecule has 1 atom stereocenters. The molecule has 0 bridgehead atoms. The highest BCUT2D eigenvalue weighted by Gasteiger charge is 2.09. The molecular formula is C16H26N4O2. The minimum Gasteiger partial charge on any atom is -0.356 e. The number of nitrogens with two attached hydrogens (primary N) is 1. The fraction of sp³-hybridized carbons (Fsp3) is 0.500. The molecule has 0 aliphatic carbocycles. The first-order valence-corrected chi connectivity index (χ1v) is 7.52. The van der Waals surface area contributed by atoms with Crippen molar-refractivity contribution in [1.82, 2.24) is 15.5 Å². The van der Waals surface area contributed by atoms with Crippen LogP contribution in [0.4, 0.5) is 4.79 Å². The number of rotatable bonds is 8. The first kappa shape index (κ1) is 18.0. The highest BCUT2D eigenvalue weighted by molar-refractivity contribution is 5.78. The van der Waals surface area contributed by atoms with Gasteiger partial charge >= 0.3 is 6.03 Å². The topological polar surface area (TPSA) is 87.5 Å². The maximum atomic E-state index is 11.9. The second-order valence-corrected chi connectivity index (χ2v) is 5.47. The molecule has 1 aromatic rings. The van der Waals surface area contributed by atoms with Crippen molar-refractivity contribution in [3.8, 4) is 0 Å². The van der Waals surface area contributed by atoms with Crippen molar-refractivity contribution < 1.29 is 9.59 Å². The summed E-state index contributed by atoms with van der Waals surface area (Å²) < 4.78 is 0. The van der Waals surface area contributed by atoms with Crippen molar-refractivity contribution in [3.63, 3.8) is 0 Å². The van der Waals surface area contributed by atoms with Gasteiger partial charge in [-0.15, -0.1) is 0 Å². The van der Waals surface area contributed by atoms with E-state index in [1.165, 1.54) is 0 Å². The molecule has 0 saturated heterocycles. The van der Waals surface area contributed by atoms with Crippen LogP contribution >= 0.6 is 0 Å². The number of carbonyl (C=O) groups excluding carboxylic acids is 2. The van der Waals surface area contributed by atoms with Crippen LogP contribution in [0.3, 0.4) is 0 Å². The summed E-state index contributed by atoms with van der Waals surface area (Å²) in [4.78, 5) is 25.1. The number of benzene rings is 1. The van der Waals surface area contributed by atoms with Gasteiger partial charge in [-0.25, -0.2) is 4.79 Å². The van der Waals surface area contributed by atoms with Gasteiger partial charge in [0.2, 0.25) is 5.91 Å². The molecule has 1 unspecified atom stereocenters. The molecule has 0 aliphatic heterocycles. The predicted molar refractivity (Wildman–Crippen MR) is 87.2 cm³/mol. The third-order valence-corrected chi connectivity index (χ3v) is 3.29. The number of amides is 3. The van der Waals surface area contributed by atoms with E-state index in [0.717, 1.165) is 5.56 Å². The van der Waals surface area contributed by atoms with Gasteiger partial charge in [0.05, 0.1) is 0 Å². The summed E-state index contributed by atoms with van der Waals surface area (Å²) in [7, 11) is 1.73. The van der Waals surface area contributed by atoms with Crippen molar-refractivity contribution in [2.45, 2.75) is 19.9 Å². The zero-order valence-corrected chi connectivity index (χ0v) is 13.3. The number of urea groups is 1. The molecule has 1 aromatic carbocycles. The van der Waals surface area contributed by atoms with Gasteiger partial charge in [-0.2, -0.15) is 0 Å². The van der Waals surface area contributed by atoms with E-state index in [1.54, 1.807) is 11.9 Å². The standard InChI is InChI=1S/C16H26N4O2/c1-13(10-17)11-19-15(21)8-9-18-16(22)20(2)12-14-6-4-3-5-7-14/h3-7,13H,8-12,17H2,1-2H3,(H,18,22)(H,19,21). The fourth-order valence-corrected chi connectivity index (χ4v) is 1.81. The Morgan fingerprint density at radius 1 is 1.23 bits per heavy atom. The highest BCUT2D eigenvalue weighted by atomic mass is 16.2. The summed E-state index contributed by atoms with van der Waals surface area (Å²) in [6.45, 7) is 3.94. The van der Waals surface area contributed by atoms with Crippen LogP contribution in [0.25, 0.3) is 0 Å². The number of hydrogen-bond acceptors (Lipinski definition) is 3. The van der Waals surface area contributed by atoms with Gasteiger partial charge in [0, 0.05) is 33.1 Å². The third kappa shape index (κ3) is 7.08. The number of nitrogens with zero attached hydrogens (tertiary/aromatic N) is 1. The maximum Gasteiger partial charge on any atom is 0.317 e. The Morgan fingerprint density at radius 2 is 1.91 bits per heavy atom. The van der Waals surface area contributed by atoms with Crippen molar-refractivity contribution in [1.29, 1.82) is 0 Å². The average molecular weight is 306 g/mol. The van der Waals surface area contributed by atoms with Gasteiger partial charge in [-0.3, -0.25) is 4.79 Å². The molecule has 0 radical (unpaired) electrons. The normalized spacial score (nSPS) is 11.6. The van der Waals surface area contributed by atoms with Crippen LogP contribution < -0.4 is 16.4 Å². The first-order chi connectivity index (χ1) is 10.5. The van der Waals surface area contributed by atoms with E-state index in [9.17, 15) is 9.59 Å². The third-order valence-electron chi connectivity index (χ3n) is 3.29. The van der Waals surface area contributed by atoms with Gasteiger partial charge < -0.3 is 21.3 Å². The highest BCUT2D eigenvalue weighted by Crippen LogP contribution is 2.02. The summed E-state index contributed by atoms with van der Waals surface area (Å²) in [6.07, 6.45) is 0.266. The molecule has 6 heteroatoms. The number of carbonyl (C=O) groups is 2. The van der Waals surface area contributed by atoms with E-state index in [4.69, 9.17) is 5.73 Å². The molecule has 0 aliphatic rings. The molecule has 6 nitrogen and oxygen atoms in total. The summed E-state index contributed by atoms with van der Waals surface area (Å²) >= 11 is 0. The second-order valence-electron chi connectivity index (χ2n) is 5.47. The van der Waals surface area contributed by atoms with E-state index in [-0.39, 0.29) is 24.3 Å². The molecule has 0 aromatic heterocycles. The summed E-state index contributed by atoms with van der Waals surface area (Å²) in [5.74, 6) is 0.182. The zero-order chi connectivity index (χ0) is 16.4. The molecule has 4 N–H and O–H groups in total. The lowest BCUT2D eigenvalue weighted by atomic mass is 10.2. The zero-order valence-electron chi connectivity index (χ0n) is 13.3. The number of nitrogens with one attached hydrogen (secondary N) is 2. The summed E-state index contributed by atoms with van der Waals surface area (Å²) in [6, 6.07) is 9.56. The molecule has 0 saturated carbocycles. The SMILES string of the molecule is CC(CN)CNC(=O)CCNC(=O)N(C)Cc1ccccc1. The number of hydrogen-bond donors (Lipinski definition) is 3. The molecule has 0 heterocycles. The smallest absolute Gasteiger partial charge is 0.317 e. The summed E-state index contributed by atoms with van der Waals surface area (Å²) in [5, 5.41) is 5.53. The van der Waals surface area contributed by atoms with Crippen LogP contribution in [0.1, 0.15) is 18.9 Å². The Kier molecular flexibility index (Phi) is 7.99. The van der Waals surface area contributed by atoms with Gasteiger partial charge in [-0.05, 0) is 18.0 Å². The van der Waals surface area contributed by atoms with Crippen LogP contribution in [-0.2, 0) is 11.3 Å². The average Bonchev–Trinajstić information content (AvgIpc) is 2.53. The molecule has 1 rings (SSSR count). The van der Waals surface area contributed by atoms with E-state index in [2.05, 4.69) is 10.6 Å². The molecule has 3 amide bonds. The van der Waals surface area contributed by atoms with Crippen LogP contribution in [0.5, 0.6) is 0 Å². The Labute approximate surface area is 132 Å². The largest absolute Gasteiger partial charge is 0.356 e. The van der Waals surface area contributed by atoms with Gasteiger partial charge in [0.25, 0.3) is 0 Å². The van der Waals surface area contributed by atoms with Crippen molar-refractivity contribution >= 4 is 11.9 Å². The second kappa shape index (κ2) is 9.78. The van der Waals surface area contributed by atoms with Crippen LogP contribution in [0.2, 0.25) is 0 Å². The van der Waals surface area contributed by atoms with Crippen molar-refractivity contribution in [2.75, 3.05) is 26.7 Å². The lowest BCUT2D eigenvalue weighted by Gasteiger charge is -2.18. The van der Waals surface area contributed by atoms with E-state index in [1.807, 2.05) is 37.3 Å². The van der Waals surface area contributed by atoms with E-state index in [0.29, 0.717) is 26.2 Å². The maximum absolute atomic E-state index is 11.9. The van der Waals surface area contributed by atoms with Crippen LogP contribution in [0.15, 0.2) is 30.3 Å².